The minimum Gasteiger partial charge on any atom is -0.354 e. The van der Waals surface area contributed by atoms with Crippen LogP contribution in [-0.4, -0.2) is 43.6 Å². The number of hydrogen-bond donors (Lipinski definition) is 2. The first-order valence-electron chi connectivity index (χ1n) is 9.45. The van der Waals surface area contributed by atoms with Gasteiger partial charge in [-0.05, 0) is 42.2 Å². The van der Waals surface area contributed by atoms with Crippen LogP contribution in [0.25, 0.3) is 10.8 Å². The van der Waals surface area contributed by atoms with Gasteiger partial charge >= 0.3 is 0 Å². The molecule has 1 aliphatic rings. The predicted molar refractivity (Wildman–Crippen MR) is 127 cm³/mol. The fourth-order valence-electron chi connectivity index (χ4n) is 3.54. The van der Waals surface area contributed by atoms with Crippen molar-refractivity contribution in [1.82, 2.24) is 15.5 Å². The normalized spacial score (nSPS) is 16.0. The maximum absolute atomic E-state index is 4.39. The molecule has 2 aromatic carbocycles. The molecule has 1 heterocycles. The Balaban J connectivity index is 0.00000261. The Kier molecular flexibility index (Phi) is 8.57. The van der Waals surface area contributed by atoms with Crippen molar-refractivity contribution in [1.29, 1.82) is 0 Å². The van der Waals surface area contributed by atoms with Crippen LogP contribution in [0.2, 0.25) is 0 Å². The minimum absolute atomic E-state index is 0. The van der Waals surface area contributed by atoms with Crippen molar-refractivity contribution in [3.05, 3.63) is 60.2 Å². The van der Waals surface area contributed by atoms with Gasteiger partial charge in [0.05, 0.1) is 0 Å². The molecule has 146 valence electrons. The van der Waals surface area contributed by atoms with Crippen molar-refractivity contribution in [2.45, 2.75) is 32.4 Å². The number of likely N-dealkylation sites (tertiary alicyclic amines) is 1. The molecule has 0 amide bonds. The number of nitrogens with zero attached hydrogens (tertiary/aromatic N) is 2. The molecule has 27 heavy (non-hydrogen) atoms. The maximum atomic E-state index is 4.39. The van der Waals surface area contributed by atoms with E-state index in [9.17, 15) is 0 Å². The van der Waals surface area contributed by atoms with Crippen molar-refractivity contribution >= 4 is 40.7 Å². The standard InChI is InChI=1S/C22H30N4.HI/c1-17(2)16-26-12-10-21(11-13-26)25-22(23-3)24-15-18-8-9-19-6-4-5-7-20(19)14-18;/h4-9,14,21H,1,10-13,15-16H2,2-3H3,(H2,23,24,25);1H. The molecule has 0 aliphatic carbocycles. The van der Waals surface area contributed by atoms with E-state index in [0.717, 1.165) is 45.0 Å². The lowest BCUT2D eigenvalue weighted by molar-refractivity contribution is 0.221. The third-order valence-electron chi connectivity index (χ3n) is 4.92. The number of nitrogens with one attached hydrogen (secondary N) is 2. The van der Waals surface area contributed by atoms with Crippen molar-refractivity contribution < 1.29 is 0 Å². The molecule has 1 aliphatic heterocycles. The van der Waals surface area contributed by atoms with Crippen LogP contribution in [0.1, 0.15) is 25.3 Å². The molecule has 0 saturated carbocycles. The molecule has 0 atom stereocenters. The summed E-state index contributed by atoms with van der Waals surface area (Å²) < 4.78 is 0. The van der Waals surface area contributed by atoms with Crippen LogP contribution in [0.5, 0.6) is 0 Å². The summed E-state index contributed by atoms with van der Waals surface area (Å²) in [6, 6.07) is 15.6. The molecule has 0 aromatic heterocycles. The van der Waals surface area contributed by atoms with Crippen molar-refractivity contribution in [2.24, 2.45) is 4.99 Å². The van der Waals surface area contributed by atoms with Gasteiger partial charge in [-0.3, -0.25) is 9.89 Å². The van der Waals surface area contributed by atoms with Crippen molar-refractivity contribution in [3.63, 3.8) is 0 Å². The first kappa shape index (κ1) is 21.7. The molecule has 2 aromatic rings. The Bertz CT molecular complexity index is 779. The Labute approximate surface area is 180 Å². The van der Waals surface area contributed by atoms with Crippen molar-refractivity contribution in [3.8, 4) is 0 Å². The fraction of sp³-hybridized carbons (Fsp3) is 0.409. The molecule has 0 bridgehead atoms. The summed E-state index contributed by atoms with van der Waals surface area (Å²) in [7, 11) is 1.84. The van der Waals surface area contributed by atoms with E-state index in [2.05, 4.69) is 76.5 Å². The van der Waals surface area contributed by atoms with Gasteiger partial charge in [0.1, 0.15) is 0 Å². The van der Waals surface area contributed by atoms with Crippen LogP contribution >= 0.6 is 24.0 Å². The molecule has 0 radical (unpaired) electrons. The zero-order valence-corrected chi connectivity index (χ0v) is 18.7. The van der Waals surface area contributed by atoms with Crippen LogP contribution in [-0.2, 0) is 6.54 Å². The van der Waals surface area contributed by atoms with Gasteiger partial charge in [-0.25, -0.2) is 0 Å². The second-order valence-electron chi connectivity index (χ2n) is 7.26. The summed E-state index contributed by atoms with van der Waals surface area (Å²) in [5, 5.41) is 9.58. The minimum atomic E-state index is 0. The number of piperidine rings is 1. The quantitative estimate of drug-likeness (QED) is 0.294. The largest absolute Gasteiger partial charge is 0.354 e. The van der Waals surface area contributed by atoms with Crippen LogP contribution in [0.15, 0.2) is 59.6 Å². The van der Waals surface area contributed by atoms with E-state index in [1.54, 1.807) is 0 Å². The third kappa shape index (κ3) is 6.50. The Morgan fingerprint density at radius 3 is 2.52 bits per heavy atom. The summed E-state index contributed by atoms with van der Waals surface area (Å²) in [4.78, 5) is 6.87. The highest BCUT2D eigenvalue weighted by molar-refractivity contribution is 14.0. The van der Waals surface area contributed by atoms with Crippen LogP contribution in [0.4, 0.5) is 0 Å². The molecule has 2 N–H and O–H groups in total. The van der Waals surface area contributed by atoms with E-state index >= 15 is 0 Å². The van der Waals surface area contributed by atoms with Gasteiger partial charge in [-0.15, -0.1) is 24.0 Å². The predicted octanol–water partition coefficient (Wildman–Crippen LogP) is 4.16. The summed E-state index contributed by atoms with van der Waals surface area (Å²) in [5.41, 5.74) is 2.51. The number of halogens is 1. The number of hydrogen-bond acceptors (Lipinski definition) is 2. The molecular weight excluding hydrogens is 447 g/mol. The van der Waals surface area contributed by atoms with E-state index in [0.29, 0.717) is 6.04 Å². The second-order valence-corrected chi connectivity index (χ2v) is 7.26. The van der Waals surface area contributed by atoms with E-state index in [-0.39, 0.29) is 24.0 Å². The van der Waals surface area contributed by atoms with E-state index in [1.807, 2.05) is 7.05 Å². The lowest BCUT2D eigenvalue weighted by Crippen LogP contribution is -2.48. The number of aliphatic imine (C=N–C) groups is 1. The monoisotopic (exact) mass is 478 g/mol. The SMILES string of the molecule is C=C(C)CN1CCC(NC(=NC)NCc2ccc3ccccc3c2)CC1.I. The van der Waals surface area contributed by atoms with Gasteiger partial charge in [0.15, 0.2) is 5.96 Å². The summed E-state index contributed by atoms with van der Waals surface area (Å²) in [5.74, 6) is 0.886. The van der Waals surface area contributed by atoms with Crippen LogP contribution < -0.4 is 10.6 Å². The molecular formula is C22H31IN4. The zero-order chi connectivity index (χ0) is 18.4. The topological polar surface area (TPSA) is 39.7 Å². The van der Waals surface area contributed by atoms with Gasteiger partial charge < -0.3 is 10.6 Å². The molecule has 1 fully saturated rings. The van der Waals surface area contributed by atoms with Crippen LogP contribution in [0, 0.1) is 0 Å². The lowest BCUT2D eigenvalue weighted by Gasteiger charge is -2.33. The van der Waals surface area contributed by atoms with Gasteiger partial charge in [-0.1, -0.05) is 48.6 Å². The Hall–Kier alpha value is -1.60. The van der Waals surface area contributed by atoms with E-state index < -0.39 is 0 Å². The lowest BCUT2D eigenvalue weighted by atomic mass is 10.0. The second kappa shape index (κ2) is 10.7. The zero-order valence-electron chi connectivity index (χ0n) is 16.4. The van der Waals surface area contributed by atoms with Gasteiger partial charge in [0.2, 0.25) is 0 Å². The fourth-order valence-corrected chi connectivity index (χ4v) is 3.54. The molecule has 5 heteroatoms. The smallest absolute Gasteiger partial charge is 0.191 e. The maximum Gasteiger partial charge on any atom is 0.191 e. The van der Waals surface area contributed by atoms with Gasteiger partial charge in [-0.2, -0.15) is 0 Å². The summed E-state index contributed by atoms with van der Waals surface area (Å²) in [6.45, 7) is 10.1. The average molecular weight is 478 g/mol. The molecule has 0 unspecified atom stereocenters. The summed E-state index contributed by atoms with van der Waals surface area (Å²) in [6.07, 6.45) is 2.29. The molecule has 0 spiro atoms. The Morgan fingerprint density at radius 1 is 1.15 bits per heavy atom. The average Bonchev–Trinajstić information content (AvgIpc) is 2.66. The Morgan fingerprint density at radius 2 is 1.85 bits per heavy atom. The highest BCUT2D eigenvalue weighted by Gasteiger charge is 2.19. The van der Waals surface area contributed by atoms with E-state index in [4.69, 9.17) is 0 Å². The van der Waals surface area contributed by atoms with Crippen LogP contribution in [0.3, 0.4) is 0 Å². The first-order valence-corrected chi connectivity index (χ1v) is 9.45. The summed E-state index contributed by atoms with van der Waals surface area (Å²) >= 11 is 0. The highest BCUT2D eigenvalue weighted by atomic mass is 127. The number of fused-ring (bicyclic) bond motifs is 1. The van der Waals surface area contributed by atoms with Crippen molar-refractivity contribution in [2.75, 3.05) is 26.7 Å². The molecule has 4 nitrogen and oxygen atoms in total. The number of guanidine groups is 1. The van der Waals surface area contributed by atoms with E-state index in [1.165, 1.54) is 21.9 Å². The van der Waals surface area contributed by atoms with Gasteiger partial charge in [0.25, 0.3) is 0 Å². The highest BCUT2D eigenvalue weighted by Crippen LogP contribution is 2.15. The molecule has 1 saturated heterocycles. The van der Waals surface area contributed by atoms with Gasteiger partial charge in [0, 0.05) is 39.3 Å². The first-order chi connectivity index (χ1) is 12.6. The number of benzene rings is 2. The number of rotatable bonds is 5. The molecule has 3 rings (SSSR count). The third-order valence-corrected chi connectivity index (χ3v) is 4.92.